The molecular formula is C13H16N2O. The fourth-order valence-electron chi connectivity index (χ4n) is 1.79. The van der Waals surface area contributed by atoms with Crippen LogP contribution in [0.1, 0.15) is 18.1 Å². The summed E-state index contributed by atoms with van der Waals surface area (Å²) in [5, 5.41) is 1.13. The van der Waals surface area contributed by atoms with E-state index in [0.717, 1.165) is 22.9 Å². The van der Waals surface area contributed by atoms with Gasteiger partial charge in [-0.05, 0) is 30.2 Å². The van der Waals surface area contributed by atoms with Crippen molar-refractivity contribution in [2.45, 2.75) is 19.9 Å². The number of aromatic nitrogens is 1. The highest BCUT2D eigenvalue weighted by atomic mass is 16.5. The molecule has 0 amide bonds. The Morgan fingerprint density at radius 3 is 2.75 bits per heavy atom. The Kier molecular flexibility index (Phi) is 3.06. The standard InChI is InChI=1S/C13H16N2O/c1-3-9-4-5-12-10(6-9)7-11(8-14)13(15-12)16-2/h4-7H,3,8,14H2,1-2H3. The van der Waals surface area contributed by atoms with E-state index in [4.69, 9.17) is 10.5 Å². The number of methoxy groups -OCH3 is 1. The van der Waals surface area contributed by atoms with Gasteiger partial charge in [0.25, 0.3) is 0 Å². The van der Waals surface area contributed by atoms with Crippen molar-refractivity contribution in [1.29, 1.82) is 0 Å². The molecule has 0 aliphatic rings. The molecule has 0 atom stereocenters. The summed E-state index contributed by atoms with van der Waals surface area (Å²) in [6.07, 6.45) is 1.03. The number of nitrogens with zero attached hydrogens (tertiary/aromatic N) is 1. The lowest BCUT2D eigenvalue weighted by Crippen LogP contribution is -2.02. The first-order chi connectivity index (χ1) is 7.78. The number of benzene rings is 1. The first kappa shape index (κ1) is 10.9. The van der Waals surface area contributed by atoms with Gasteiger partial charge in [-0.25, -0.2) is 4.98 Å². The van der Waals surface area contributed by atoms with Crippen molar-refractivity contribution < 1.29 is 4.74 Å². The Labute approximate surface area is 95.2 Å². The van der Waals surface area contributed by atoms with Crippen LogP contribution in [-0.4, -0.2) is 12.1 Å². The van der Waals surface area contributed by atoms with Crippen LogP contribution in [0.3, 0.4) is 0 Å². The number of rotatable bonds is 3. The zero-order chi connectivity index (χ0) is 11.5. The van der Waals surface area contributed by atoms with E-state index in [9.17, 15) is 0 Å². The quantitative estimate of drug-likeness (QED) is 0.856. The third-order valence-electron chi connectivity index (χ3n) is 2.74. The summed E-state index contributed by atoms with van der Waals surface area (Å²) < 4.78 is 5.21. The van der Waals surface area contributed by atoms with Gasteiger partial charge in [-0.1, -0.05) is 13.0 Å². The zero-order valence-corrected chi connectivity index (χ0v) is 9.66. The van der Waals surface area contributed by atoms with Gasteiger partial charge in [-0.15, -0.1) is 0 Å². The number of pyridine rings is 1. The van der Waals surface area contributed by atoms with Crippen LogP contribution in [0, 0.1) is 0 Å². The summed E-state index contributed by atoms with van der Waals surface area (Å²) in [6, 6.07) is 8.33. The Morgan fingerprint density at radius 1 is 1.31 bits per heavy atom. The second kappa shape index (κ2) is 4.49. The fourth-order valence-corrected chi connectivity index (χ4v) is 1.79. The van der Waals surface area contributed by atoms with Gasteiger partial charge in [0.05, 0.1) is 12.6 Å². The van der Waals surface area contributed by atoms with E-state index in [1.807, 2.05) is 6.07 Å². The average molecular weight is 216 g/mol. The molecule has 0 spiro atoms. The van der Waals surface area contributed by atoms with E-state index in [2.05, 4.69) is 30.1 Å². The predicted molar refractivity (Wildman–Crippen MR) is 65.6 cm³/mol. The first-order valence-corrected chi connectivity index (χ1v) is 5.45. The van der Waals surface area contributed by atoms with Crippen LogP contribution in [0.5, 0.6) is 5.88 Å². The molecule has 0 saturated carbocycles. The highest BCUT2D eigenvalue weighted by Crippen LogP contribution is 2.22. The highest BCUT2D eigenvalue weighted by Gasteiger charge is 2.06. The maximum Gasteiger partial charge on any atom is 0.218 e. The van der Waals surface area contributed by atoms with E-state index in [-0.39, 0.29) is 0 Å². The lowest BCUT2D eigenvalue weighted by molar-refractivity contribution is 0.394. The van der Waals surface area contributed by atoms with Crippen LogP contribution in [0.2, 0.25) is 0 Å². The highest BCUT2D eigenvalue weighted by molar-refractivity contribution is 5.80. The number of hydrogen-bond acceptors (Lipinski definition) is 3. The summed E-state index contributed by atoms with van der Waals surface area (Å²) in [6.45, 7) is 2.59. The maximum absolute atomic E-state index is 5.67. The maximum atomic E-state index is 5.67. The number of ether oxygens (including phenoxy) is 1. The van der Waals surface area contributed by atoms with Crippen molar-refractivity contribution in [3.8, 4) is 5.88 Å². The van der Waals surface area contributed by atoms with Gasteiger partial charge in [0, 0.05) is 17.5 Å². The second-order valence-electron chi connectivity index (χ2n) is 3.74. The molecule has 0 fully saturated rings. The molecule has 84 valence electrons. The van der Waals surface area contributed by atoms with E-state index in [1.165, 1.54) is 5.56 Å². The Balaban J connectivity index is 2.63. The minimum absolute atomic E-state index is 0.447. The molecule has 1 aromatic heterocycles. The van der Waals surface area contributed by atoms with Gasteiger partial charge >= 0.3 is 0 Å². The van der Waals surface area contributed by atoms with Crippen molar-refractivity contribution in [2.24, 2.45) is 5.73 Å². The average Bonchev–Trinajstić information content (AvgIpc) is 2.36. The van der Waals surface area contributed by atoms with Crippen molar-refractivity contribution in [1.82, 2.24) is 4.98 Å². The molecule has 3 nitrogen and oxygen atoms in total. The van der Waals surface area contributed by atoms with Crippen LogP contribution < -0.4 is 10.5 Å². The molecule has 1 heterocycles. The van der Waals surface area contributed by atoms with Gasteiger partial charge in [-0.2, -0.15) is 0 Å². The molecule has 2 rings (SSSR count). The summed E-state index contributed by atoms with van der Waals surface area (Å²) in [5.74, 6) is 0.624. The molecule has 0 aliphatic heterocycles. The molecule has 0 unspecified atom stereocenters. The van der Waals surface area contributed by atoms with Gasteiger partial charge < -0.3 is 10.5 Å². The lowest BCUT2D eigenvalue weighted by Gasteiger charge is -2.08. The Morgan fingerprint density at radius 2 is 2.12 bits per heavy atom. The second-order valence-corrected chi connectivity index (χ2v) is 3.74. The zero-order valence-electron chi connectivity index (χ0n) is 9.66. The monoisotopic (exact) mass is 216 g/mol. The Bertz CT molecular complexity index is 509. The van der Waals surface area contributed by atoms with Crippen LogP contribution >= 0.6 is 0 Å². The smallest absolute Gasteiger partial charge is 0.218 e. The topological polar surface area (TPSA) is 48.1 Å². The largest absolute Gasteiger partial charge is 0.481 e. The van der Waals surface area contributed by atoms with Gasteiger partial charge in [-0.3, -0.25) is 0 Å². The van der Waals surface area contributed by atoms with Gasteiger partial charge in [0.15, 0.2) is 0 Å². The molecule has 0 saturated heterocycles. The molecule has 0 aliphatic carbocycles. The summed E-state index contributed by atoms with van der Waals surface area (Å²) >= 11 is 0. The fraction of sp³-hybridized carbons (Fsp3) is 0.308. The van der Waals surface area contributed by atoms with Gasteiger partial charge in [0.1, 0.15) is 0 Å². The van der Waals surface area contributed by atoms with Crippen LogP contribution in [-0.2, 0) is 13.0 Å². The Hall–Kier alpha value is -1.61. The first-order valence-electron chi connectivity index (χ1n) is 5.45. The summed E-state index contributed by atoms with van der Waals surface area (Å²) in [7, 11) is 1.62. The third-order valence-corrected chi connectivity index (χ3v) is 2.74. The van der Waals surface area contributed by atoms with E-state index in [0.29, 0.717) is 12.4 Å². The molecule has 3 heteroatoms. The van der Waals surface area contributed by atoms with E-state index >= 15 is 0 Å². The number of fused-ring (bicyclic) bond motifs is 1. The van der Waals surface area contributed by atoms with E-state index < -0.39 is 0 Å². The molecule has 2 N–H and O–H groups in total. The van der Waals surface area contributed by atoms with Crippen LogP contribution in [0.4, 0.5) is 0 Å². The summed E-state index contributed by atoms with van der Waals surface area (Å²) in [4.78, 5) is 4.44. The third kappa shape index (κ3) is 1.86. The summed E-state index contributed by atoms with van der Waals surface area (Å²) in [5.41, 5.74) is 8.87. The molecular weight excluding hydrogens is 200 g/mol. The van der Waals surface area contributed by atoms with Crippen LogP contribution in [0.25, 0.3) is 10.9 Å². The lowest BCUT2D eigenvalue weighted by atomic mass is 10.1. The predicted octanol–water partition coefficient (Wildman–Crippen LogP) is 2.26. The van der Waals surface area contributed by atoms with Crippen molar-refractivity contribution >= 4 is 10.9 Å². The number of nitrogens with two attached hydrogens (primary N) is 1. The molecule has 0 radical (unpaired) electrons. The van der Waals surface area contributed by atoms with Gasteiger partial charge in [0.2, 0.25) is 5.88 Å². The number of aryl methyl sites for hydroxylation is 1. The molecule has 0 bridgehead atoms. The minimum Gasteiger partial charge on any atom is -0.481 e. The van der Waals surface area contributed by atoms with Crippen LogP contribution in [0.15, 0.2) is 24.3 Å². The minimum atomic E-state index is 0.447. The number of hydrogen-bond donors (Lipinski definition) is 1. The van der Waals surface area contributed by atoms with Crippen molar-refractivity contribution in [3.05, 3.63) is 35.4 Å². The van der Waals surface area contributed by atoms with Crippen molar-refractivity contribution in [3.63, 3.8) is 0 Å². The van der Waals surface area contributed by atoms with E-state index in [1.54, 1.807) is 7.11 Å². The molecule has 16 heavy (non-hydrogen) atoms. The molecule has 2 aromatic rings. The molecule has 1 aromatic carbocycles. The SMILES string of the molecule is CCc1ccc2nc(OC)c(CN)cc2c1. The normalized spacial score (nSPS) is 10.7. The van der Waals surface area contributed by atoms with Crippen molar-refractivity contribution in [2.75, 3.05) is 7.11 Å².